The minimum atomic E-state index is -4.12. The van der Waals surface area contributed by atoms with Crippen LogP contribution in [0.15, 0.2) is 59.8 Å². The van der Waals surface area contributed by atoms with Crippen LogP contribution in [0.5, 0.6) is 0 Å². The fourth-order valence-electron chi connectivity index (χ4n) is 2.54. The van der Waals surface area contributed by atoms with Crippen LogP contribution in [-0.2, 0) is 10.0 Å². The lowest BCUT2D eigenvalue weighted by Gasteiger charge is -2.10. The van der Waals surface area contributed by atoms with Crippen LogP contribution in [0.1, 0.15) is 35.7 Å². The standard InChI is InChI=1S/C19H19FN4O3S/c1-12(2)13-4-3-5-16(10-13)22-18(25)17-11-21-23-19(17)28(26,27)24-15-8-6-14(20)7-9-15/h3-12,24H,1-2H3,(H,21,23)(H,22,25). The largest absolute Gasteiger partial charge is 0.322 e. The maximum atomic E-state index is 13.0. The molecule has 7 nitrogen and oxygen atoms in total. The lowest BCUT2D eigenvalue weighted by atomic mass is 10.0. The van der Waals surface area contributed by atoms with Gasteiger partial charge in [0.15, 0.2) is 5.03 Å². The van der Waals surface area contributed by atoms with Gasteiger partial charge in [0.2, 0.25) is 0 Å². The number of hydrogen-bond donors (Lipinski definition) is 3. The summed E-state index contributed by atoms with van der Waals surface area (Å²) in [5.41, 5.74) is 1.61. The normalized spacial score (nSPS) is 11.4. The molecule has 0 atom stereocenters. The van der Waals surface area contributed by atoms with Gasteiger partial charge < -0.3 is 5.32 Å². The van der Waals surface area contributed by atoms with E-state index in [1.165, 1.54) is 12.1 Å². The van der Waals surface area contributed by atoms with Gasteiger partial charge in [-0.25, -0.2) is 4.39 Å². The van der Waals surface area contributed by atoms with E-state index in [4.69, 9.17) is 0 Å². The van der Waals surface area contributed by atoms with Crippen LogP contribution >= 0.6 is 0 Å². The molecule has 0 saturated carbocycles. The summed E-state index contributed by atoms with van der Waals surface area (Å²) < 4.78 is 40.5. The first kappa shape index (κ1) is 19.6. The van der Waals surface area contributed by atoms with Crippen molar-refractivity contribution in [3.63, 3.8) is 0 Å². The molecule has 1 amide bonds. The van der Waals surface area contributed by atoms with Gasteiger partial charge in [0.05, 0.1) is 11.8 Å². The van der Waals surface area contributed by atoms with Crippen molar-refractivity contribution in [1.82, 2.24) is 10.2 Å². The number of aromatic amines is 1. The second kappa shape index (κ2) is 7.81. The smallest absolute Gasteiger partial charge is 0.279 e. The van der Waals surface area contributed by atoms with E-state index in [0.29, 0.717) is 5.69 Å². The maximum absolute atomic E-state index is 13.0. The van der Waals surface area contributed by atoms with Crippen molar-refractivity contribution >= 4 is 27.3 Å². The van der Waals surface area contributed by atoms with Crippen LogP contribution in [0.2, 0.25) is 0 Å². The molecule has 1 aromatic heterocycles. The van der Waals surface area contributed by atoms with Gasteiger partial charge in [0, 0.05) is 11.4 Å². The molecule has 0 bridgehead atoms. The van der Waals surface area contributed by atoms with Crippen LogP contribution in [0.3, 0.4) is 0 Å². The number of amides is 1. The number of nitrogens with zero attached hydrogens (tertiary/aromatic N) is 1. The highest BCUT2D eigenvalue weighted by Gasteiger charge is 2.25. The minimum Gasteiger partial charge on any atom is -0.322 e. The third-order valence-electron chi connectivity index (χ3n) is 4.03. The predicted molar refractivity (Wildman–Crippen MR) is 104 cm³/mol. The number of carbonyl (C=O) groups is 1. The molecular weight excluding hydrogens is 383 g/mol. The molecule has 3 N–H and O–H groups in total. The van der Waals surface area contributed by atoms with E-state index >= 15 is 0 Å². The van der Waals surface area contributed by atoms with Gasteiger partial charge in [-0.2, -0.15) is 13.5 Å². The van der Waals surface area contributed by atoms with E-state index in [9.17, 15) is 17.6 Å². The van der Waals surface area contributed by atoms with E-state index < -0.39 is 21.7 Å². The molecule has 0 radical (unpaired) electrons. The first-order valence-corrected chi connectivity index (χ1v) is 9.97. The average molecular weight is 402 g/mol. The highest BCUT2D eigenvalue weighted by Crippen LogP contribution is 2.21. The summed E-state index contributed by atoms with van der Waals surface area (Å²) in [6, 6.07) is 12.1. The molecule has 0 fully saturated rings. The van der Waals surface area contributed by atoms with Gasteiger partial charge in [-0.05, 0) is 47.9 Å². The van der Waals surface area contributed by atoms with Crippen LogP contribution in [-0.4, -0.2) is 24.5 Å². The Balaban J connectivity index is 1.83. The Morgan fingerprint density at radius 1 is 1.11 bits per heavy atom. The summed E-state index contributed by atoms with van der Waals surface area (Å²) in [6.45, 7) is 4.06. The van der Waals surface area contributed by atoms with Crippen molar-refractivity contribution in [2.45, 2.75) is 24.8 Å². The molecule has 28 heavy (non-hydrogen) atoms. The highest BCUT2D eigenvalue weighted by atomic mass is 32.2. The topological polar surface area (TPSA) is 104 Å². The Labute approximate surface area is 162 Å². The molecule has 3 rings (SSSR count). The average Bonchev–Trinajstić information content (AvgIpc) is 3.15. The lowest BCUT2D eigenvalue weighted by molar-refractivity contribution is 0.102. The minimum absolute atomic E-state index is 0.135. The van der Waals surface area contributed by atoms with E-state index in [1.807, 2.05) is 32.0 Å². The first-order chi connectivity index (χ1) is 13.3. The molecule has 1 heterocycles. The number of anilines is 2. The molecule has 0 aliphatic rings. The Hall–Kier alpha value is -3.20. The van der Waals surface area contributed by atoms with Gasteiger partial charge in [0.25, 0.3) is 15.9 Å². The van der Waals surface area contributed by atoms with E-state index in [0.717, 1.165) is 23.9 Å². The molecule has 146 valence electrons. The first-order valence-electron chi connectivity index (χ1n) is 8.49. The summed E-state index contributed by atoms with van der Waals surface area (Å²) in [7, 11) is -4.12. The van der Waals surface area contributed by atoms with Gasteiger partial charge in [-0.15, -0.1) is 0 Å². The Morgan fingerprint density at radius 2 is 1.82 bits per heavy atom. The zero-order valence-electron chi connectivity index (χ0n) is 15.2. The van der Waals surface area contributed by atoms with Crippen LogP contribution in [0.4, 0.5) is 15.8 Å². The zero-order valence-corrected chi connectivity index (χ0v) is 16.0. The van der Waals surface area contributed by atoms with Crippen molar-refractivity contribution in [1.29, 1.82) is 0 Å². The second-order valence-corrected chi connectivity index (χ2v) is 8.08. The number of H-pyrrole nitrogens is 1. The molecule has 0 unspecified atom stereocenters. The summed E-state index contributed by atoms with van der Waals surface area (Å²) in [6.07, 6.45) is 1.14. The highest BCUT2D eigenvalue weighted by molar-refractivity contribution is 7.92. The number of hydrogen-bond acceptors (Lipinski definition) is 4. The third-order valence-corrected chi connectivity index (χ3v) is 5.38. The van der Waals surface area contributed by atoms with Crippen molar-refractivity contribution in [2.75, 3.05) is 10.0 Å². The van der Waals surface area contributed by atoms with E-state index in [2.05, 4.69) is 20.2 Å². The zero-order chi connectivity index (χ0) is 20.3. The number of sulfonamides is 1. The fraction of sp³-hybridized carbons (Fsp3) is 0.158. The molecule has 0 saturated heterocycles. The van der Waals surface area contributed by atoms with Crippen LogP contribution in [0.25, 0.3) is 0 Å². The van der Waals surface area contributed by atoms with Crippen molar-refractivity contribution in [3.8, 4) is 0 Å². The number of rotatable bonds is 6. The predicted octanol–water partition coefficient (Wildman–Crippen LogP) is 3.73. The number of carbonyl (C=O) groups excluding carboxylic acids is 1. The fourth-order valence-corrected chi connectivity index (χ4v) is 3.70. The number of benzene rings is 2. The van der Waals surface area contributed by atoms with Gasteiger partial charge in [0.1, 0.15) is 5.82 Å². The Morgan fingerprint density at radius 3 is 2.50 bits per heavy atom. The third kappa shape index (κ3) is 4.37. The summed E-state index contributed by atoms with van der Waals surface area (Å²) in [5, 5.41) is 8.33. The van der Waals surface area contributed by atoms with Crippen LogP contribution < -0.4 is 10.0 Å². The number of nitrogens with one attached hydrogen (secondary N) is 3. The molecule has 3 aromatic rings. The van der Waals surface area contributed by atoms with Crippen molar-refractivity contribution in [3.05, 3.63) is 71.7 Å². The Bertz CT molecular complexity index is 1090. The summed E-state index contributed by atoms with van der Waals surface area (Å²) >= 11 is 0. The van der Waals surface area contributed by atoms with E-state index in [1.54, 1.807) is 6.07 Å². The number of aromatic nitrogens is 2. The number of halogens is 1. The van der Waals surface area contributed by atoms with Crippen molar-refractivity contribution < 1.29 is 17.6 Å². The van der Waals surface area contributed by atoms with Gasteiger partial charge in [-0.3, -0.25) is 14.6 Å². The SMILES string of the molecule is CC(C)c1cccc(NC(=O)c2cn[nH]c2S(=O)(=O)Nc2ccc(F)cc2)c1. The summed E-state index contributed by atoms with van der Waals surface area (Å²) in [4.78, 5) is 12.6. The van der Waals surface area contributed by atoms with Gasteiger partial charge >= 0.3 is 0 Å². The Kier molecular flexibility index (Phi) is 5.46. The van der Waals surface area contributed by atoms with Crippen LogP contribution in [0, 0.1) is 5.82 Å². The molecular formula is C19H19FN4O3S. The maximum Gasteiger partial charge on any atom is 0.279 e. The molecule has 0 aliphatic carbocycles. The van der Waals surface area contributed by atoms with Crippen molar-refractivity contribution in [2.24, 2.45) is 0 Å². The molecule has 0 spiro atoms. The second-order valence-electron chi connectivity index (χ2n) is 6.46. The monoisotopic (exact) mass is 402 g/mol. The molecule has 2 aromatic carbocycles. The van der Waals surface area contributed by atoms with Gasteiger partial charge in [-0.1, -0.05) is 26.0 Å². The lowest BCUT2D eigenvalue weighted by Crippen LogP contribution is -2.19. The summed E-state index contributed by atoms with van der Waals surface area (Å²) in [5.74, 6) is -0.830. The quantitative estimate of drug-likeness (QED) is 0.584. The van der Waals surface area contributed by atoms with E-state index in [-0.39, 0.29) is 22.2 Å². The molecule has 9 heteroatoms. The molecule has 0 aliphatic heterocycles.